The monoisotopic (exact) mass is 849 g/mol. The number of hydrogen-bond donors (Lipinski definition) is 7. The summed E-state index contributed by atoms with van der Waals surface area (Å²) in [6.45, 7) is 2.51. The highest BCUT2D eigenvalue weighted by molar-refractivity contribution is 5.70. The zero-order valence-corrected chi connectivity index (χ0v) is 36.0. The molecule has 2 aliphatic heterocycles. The SMILES string of the molecule is CCCC/C=C/CCCCCCCCCCCC(=O)OC[C@H](CO[C@@H]1O[C@H](CO[C@@H]2O[C@H](CO)[C@H](O)C(O)C2O)[C@H](O)C(O)C1O)OC(=O)CCCCCCCCCC. The van der Waals surface area contributed by atoms with Crippen LogP contribution in [-0.4, -0.2) is 142 Å². The van der Waals surface area contributed by atoms with Crippen molar-refractivity contribution in [2.75, 3.05) is 26.4 Å². The lowest BCUT2D eigenvalue weighted by Gasteiger charge is -2.42. The van der Waals surface area contributed by atoms with Gasteiger partial charge in [0.05, 0.1) is 19.8 Å². The molecule has 346 valence electrons. The van der Waals surface area contributed by atoms with E-state index >= 15 is 0 Å². The molecule has 0 aliphatic carbocycles. The molecular formula is C44H80O15. The summed E-state index contributed by atoms with van der Waals surface area (Å²) in [6, 6.07) is 0. The minimum absolute atomic E-state index is 0.167. The molecule has 2 saturated heterocycles. The Balaban J connectivity index is 1.82. The highest BCUT2D eigenvalue weighted by Gasteiger charge is 2.47. The van der Waals surface area contributed by atoms with Gasteiger partial charge in [-0.15, -0.1) is 0 Å². The molecule has 0 amide bonds. The van der Waals surface area contributed by atoms with Gasteiger partial charge in [-0.2, -0.15) is 0 Å². The van der Waals surface area contributed by atoms with Crippen LogP contribution >= 0.6 is 0 Å². The predicted octanol–water partition coefficient (Wildman–Crippen LogP) is 4.65. The first-order valence-corrected chi connectivity index (χ1v) is 22.8. The van der Waals surface area contributed by atoms with Gasteiger partial charge < -0.3 is 64.2 Å². The van der Waals surface area contributed by atoms with Crippen LogP contribution < -0.4 is 0 Å². The number of rotatable bonds is 34. The first-order valence-electron chi connectivity index (χ1n) is 22.8. The lowest BCUT2D eigenvalue weighted by molar-refractivity contribution is -0.332. The summed E-state index contributed by atoms with van der Waals surface area (Å²) < 4.78 is 33.4. The van der Waals surface area contributed by atoms with Crippen molar-refractivity contribution in [2.45, 2.75) is 229 Å². The first kappa shape index (κ1) is 53.4. The molecule has 59 heavy (non-hydrogen) atoms. The number of ether oxygens (including phenoxy) is 6. The molecule has 15 nitrogen and oxygen atoms in total. The molecule has 2 heterocycles. The molecule has 2 aliphatic rings. The number of unbranched alkanes of at least 4 members (excludes halogenated alkanes) is 18. The summed E-state index contributed by atoms with van der Waals surface area (Å²) in [5, 5.41) is 71.7. The second kappa shape index (κ2) is 32.9. The molecule has 0 aromatic carbocycles. The summed E-state index contributed by atoms with van der Waals surface area (Å²) in [6.07, 6.45) is 11.3. The zero-order valence-electron chi connectivity index (χ0n) is 36.0. The van der Waals surface area contributed by atoms with Crippen molar-refractivity contribution >= 4 is 11.9 Å². The Kier molecular flexibility index (Phi) is 29.8. The highest BCUT2D eigenvalue weighted by Crippen LogP contribution is 2.26. The number of esters is 2. The summed E-state index contributed by atoms with van der Waals surface area (Å²) in [5.41, 5.74) is 0. The average molecular weight is 849 g/mol. The number of aliphatic hydroxyl groups is 7. The van der Waals surface area contributed by atoms with Crippen LogP contribution in [0.2, 0.25) is 0 Å². The van der Waals surface area contributed by atoms with Gasteiger partial charge in [0.25, 0.3) is 0 Å². The molecular weight excluding hydrogens is 768 g/mol. The fraction of sp³-hybridized carbons (Fsp3) is 0.909. The van der Waals surface area contributed by atoms with Crippen LogP contribution in [0.4, 0.5) is 0 Å². The van der Waals surface area contributed by atoms with Gasteiger partial charge in [0, 0.05) is 12.8 Å². The Morgan fingerprint density at radius 2 is 0.983 bits per heavy atom. The van der Waals surface area contributed by atoms with E-state index in [4.69, 9.17) is 28.4 Å². The number of carbonyl (C=O) groups is 2. The van der Waals surface area contributed by atoms with Crippen molar-refractivity contribution in [3.63, 3.8) is 0 Å². The topological polar surface area (TPSA) is 231 Å². The van der Waals surface area contributed by atoms with Crippen molar-refractivity contribution in [2.24, 2.45) is 0 Å². The van der Waals surface area contributed by atoms with Crippen molar-refractivity contribution in [3.8, 4) is 0 Å². The molecule has 7 N–H and O–H groups in total. The normalized spacial score (nSPS) is 27.9. The van der Waals surface area contributed by atoms with Crippen LogP contribution in [0.1, 0.15) is 162 Å². The summed E-state index contributed by atoms with van der Waals surface area (Å²) in [5.74, 6) is -0.929. The van der Waals surface area contributed by atoms with E-state index in [1.165, 1.54) is 77.0 Å². The zero-order chi connectivity index (χ0) is 43.3. The Hall–Kier alpha value is -1.76. The third-order valence-electron chi connectivity index (χ3n) is 11.0. The maximum absolute atomic E-state index is 12.8. The van der Waals surface area contributed by atoms with Crippen molar-refractivity contribution < 1.29 is 73.8 Å². The smallest absolute Gasteiger partial charge is 0.306 e. The fourth-order valence-electron chi connectivity index (χ4n) is 7.14. The molecule has 0 aromatic heterocycles. The first-order chi connectivity index (χ1) is 28.5. The largest absolute Gasteiger partial charge is 0.462 e. The number of aliphatic hydroxyl groups excluding tert-OH is 7. The molecule has 15 heteroatoms. The van der Waals surface area contributed by atoms with E-state index in [9.17, 15) is 45.3 Å². The van der Waals surface area contributed by atoms with Crippen LogP contribution in [0, 0.1) is 0 Å². The number of allylic oxidation sites excluding steroid dienone is 2. The van der Waals surface area contributed by atoms with Crippen LogP contribution in [0.5, 0.6) is 0 Å². The Bertz CT molecular complexity index is 1090. The fourth-order valence-corrected chi connectivity index (χ4v) is 7.14. The van der Waals surface area contributed by atoms with Crippen molar-refractivity contribution in [3.05, 3.63) is 12.2 Å². The van der Waals surface area contributed by atoms with Crippen molar-refractivity contribution in [1.82, 2.24) is 0 Å². The van der Waals surface area contributed by atoms with Crippen LogP contribution in [0.15, 0.2) is 12.2 Å². The van der Waals surface area contributed by atoms with E-state index in [1.54, 1.807) is 0 Å². The third-order valence-corrected chi connectivity index (χ3v) is 11.0. The van der Waals surface area contributed by atoms with E-state index in [1.807, 2.05) is 0 Å². The minimum Gasteiger partial charge on any atom is -0.462 e. The van der Waals surface area contributed by atoms with E-state index in [0.717, 1.165) is 44.9 Å². The maximum Gasteiger partial charge on any atom is 0.306 e. The molecule has 0 aromatic rings. The Morgan fingerprint density at radius 1 is 0.525 bits per heavy atom. The molecule has 0 radical (unpaired) electrons. The van der Waals surface area contributed by atoms with Gasteiger partial charge in [-0.05, 0) is 32.1 Å². The quantitative estimate of drug-likeness (QED) is 0.0266. The van der Waals surface area contributed by atoms with Crippen LogP contribution in [0.25, 0.3) is 0 Å². The lowest BCUT2D eigenvalue weighted by atomic mass is 9.98. The van der Waals surface area contributed by atoms with Gasteiger partial charge >= 0.3 is 11.9 Å². The molecule has 0 saturated carbocycles. The van der Waals surface area contributed by atoms with E-state index in [0.29, 0.717) is 12.8 Å². The highest BCUT2D eigenvalue weighted by atomic mass is 16.7. The van der Waals surface area contributed by atoms with Gasteiger partial charge in [-0.1, -0.05) is 129 Å². The lowest BCUT2D eigenvalue weighted by Crippen LogP contribution is -2.61. The van der Waals surface area contributed by atoms with Crippen LogP contribution in [-0.2, 0) is 38.0 Å². The second-order valence-corrected chi connectivity index (χ2v) is 16.2. The predicted molar refractivity (Wildman–Crippen MR) is 220 cm³/mol. The molecule has 0 spiro atoms. The molecule has 2 fully saturated rings. The molecule has 4 unspecified atom stereocenters. The van der Waals surface area contributed by atoms with Gasteiger partial charge in [0.1, 0.15) is 55.4 Å². The number of carbonyl (C=O) groups excluding carboxylic acids is 2. The summed E-state index contributed by atoms with van der Waals surface area (Å²) >= 11 is 0. The average Bonchev–Trinajstić information content (AvgIpc) is 3.23. The van der Waals surface area contributed by atoms with E-state index < -0.39 is 92.7 Å². The molecule has 0 bridgehead atoms. The third kappa shape index (κ3) is 22.2. The summed E-state index contributed by atoms with van der Waals surface area (Å²) in [7, 11) is 0. The Labute approximate surface area is 352 Å². The molecule has 2 rings (SSSR count). The standard InChI is InChI=1S/C44H80O15/c1-3-5-7-9-11-13-14-15-16-17-18-19-21-22-24-26-35(46)54-29-32(57-36(47)27-25-23-20-12-10-8-6-4-2)30-55-43-42(53)40(51)38(49)34(59-43)31-56-44-41(52)39(50)37(48)33(28-45)58-44/h9,11,32-34,37-45,48-53H,3-8,10,12-31H2,1-2H3/b11-9+/t32-,33-,34-,37+,38+,39?,40?,41?,42?,43-,44-/m1/s1. The Morgan fingerprint density at radius 3 is 1.54 bits per heavy atom. The molecule has 11 atom stereocenters. The van der Waals surface area contributed by atoms with E-state index in [2.05, 4.69) is 26.0 Å². The van der Waals surface area contributed by atoms with Gasteiger partial charge in [-0.3, -0.25) is 9.59 Å². The second-order valence-electron chi connectivity index (χ2n) is 16.2. The van der Waals surface area contributed by atoms with Crippen molar-refractivity contribution in [1.29, 1.82) is 0 Å². The van der Waals surface area contributed by atoms with Crippen LogP contribution in [0.3, 0.4) is 0 Å². The maximum atomic E-state index is 12.8. The van der Waals surface area contributed by atoms with Gasteiger partial charge in [0.2, 0.25) is 0 Å². The minimum atomic E-state index is -1.76. The van der Waals surface area contributed by atoms with E-state index in [-0.39, 0.29) is 26.1 Å². The van der Waals surface area contributed by atoms with Gasteiger partial charge in [0.15, 0.2) is 18.7 Å². The van der Waals surface area contributed by atoms with Gasteiger partial charge in [-0.25, -0.2) is 0 Å². The summed E-state index contributed by atoms with van der Waals surface area (Å²) in [4.78, 5) is 25.5. The number of hydrogen-bond acceptors (Lipinski definition) is 15.